The summed E-state index contributed by atoms with van der Waals surface area (Å²) in [7, 11) is 0. The van der Waals surface area contributed by atoms with E-state index in [4.69, 9.17) is 4.74 Å². The summed E-state index contributed by atoms with van der Waals surface area (Å²) in [4.78, 5) is 16.9. The van der Waals surface area contributed by atoms with Crippen LogP contribution in [-0.2, 0) is 4.79 Å². The number of hydrogen-bond acceptors (Lipinski definition) is 3. The molecule has 1 saturated carbocycles. The zero-order chi connectivity index (χ0) is 16.9. The summed E-state index contributed by atoms with van der Waals surface area (Å²) < 4.78 is 6.62. The first kappa shape index (κ1) is 17.7. The van der Waals surface area contributed by atoms with Crippen molar-refractivity contribution >= 4 is 21.8 Å². The van der Waals surface area contributed by atoms with Crippen LogP contribution >= 0.6 is 15.9 Å². The third kappa shape index (κ3) is 4.51. The van der Waals surface area contributed by atoms with Gasteiger partial charge in [0, 0.05) is 36.7 Å². The van der Waals surface area contributed by atoms with Gasteiger partial charge in [-0.2, -0.15) is 0 Å². The van der Waals surface area contributed by atoms with Crippen molar-refractivity contribution in [3.8, 4) is 5.75 Å². The van der Waals surface area contributed by atoms with Gasteiger partial charge in [-0.3, -0.25) is 9.69 Å². The average Bonchev–Trinajstić information content (AvgIpc) is 2.61. The van der Waals surface area contributed by atoms with E-state index < -0.39 is 0 Å². The van der Waals surface area contributed by atoms with Crippen molar-refractivity contribution < 1.29 is 9.53 Å². The van der Waals surface area contributed by atoms with Gasteiger partial charge in [-0.05, 0) is 43.0 Å². The predicted octanol–water partition coefficient (Wildman–Crippen LogP) is 3.55. The van der Waals surface area contributed by atoms with E-state index in [1.807, 2.05) is 29.2 Å². The second-order valence-electron chi connectivity index (χ2n) is 6.99. The topological polar surface area (TPSA) is 32.8 Å². The lowest BCUT2D eigenvalue weighted by atomic mass is 9.84. The summed E-state index contributed by atoms with van der Waals surface area (Å²) in [6, 6.07) is 8.31. The van der Waals surface area contributed by atoms with E-state index in [-0.39, 0.29) is 12.5 Å². The molecule has 2 atom stereocenters. The maximum absolute atomic E-state index is 12.4. The van der Waals surface area contributed by atoms with Gasteiger partial charge in [0.15, 0.2) is 6.61 Å². The Kier molecular flexibility index (Phi) is 6.17. The lowest BCUT2D eigenvalue weighted by Crippen LogP contribution is -2.54. The maximum atomic E-state index is 12.4. The van der Waals surface area contributed by atoms with Crippen LogP contribution in [0.25, 0.3) is 0 Å². The Morgan fingerprint density at radius 3 is 2.46 bits per heavy atom. The smallest absolute Gasteiger partial charge is 0.260 e. The van der Waals surface area contributed by atoms with Crippen LogP contribution in [0.15, 0.2) is 28.7 Å². The Morgan fingerprint density at radius 1 is 1.12 bits per heavy atom. The summed E-state index contributed by atoms with van der Waals surface area (Å²) in [6.45, 7) is 6.16. The zero-order valence-corrected chi connectivity index (χ0v) is 16.0. The Balaban J connectivity index is 1.44. The number of carbonyl (C=O) groups excluding carboxylic acids is 1. The first-order chi connectivity index (χ1) is 11.6. The van der Waals surface area contributed by atoms with Gasteiger partial charge in [0.25, 0.3) is 5.91 Å². The number of amides is 1. The fourth-order valence-electron chi connectivity index (χ4n) is 3.91. The van der Waals surface area contributed by atoms with Gasteiger partial charge in [0.05, 0.1) is 0 Å². The molecule has 0 aromatic heterocycles. The van der Waals surface area contributed by atoms with Gasteiger partial charge in [-0.25, -0.2) is 0 Å². The van der Waals surface area contributed by atoms with E-state index in [1.165, 1.54) is 25.7 Å². The van der Waals surface area contributed by atoms with Crippen molar-refractivity contribution in [3.05, 3.63) is 28.7 Å². The van der Waals surface area contributed by atoms with E-state index in [0.29, 0.717) is 0 Å². The number of hydrogen-bond donors (Lipinski definition) is 0. The molecule has 3 rings (SSSR count). The monoisotopic (exact) mass is 394 g/mol. The normalized spacial score (nSPS) is 25.5. The highest BCUT2D eigenvalue weighted by Crippen LogP contribution is 2.28. The molecule has 1 aromatic rings. The molecule has 1 aliphatic carbocycles. The van der Waals surface area contributed by atoms with Crippen molar-refractivity contribution in [1.82, 2.24) is 9.80 Å². The molecule has 0 N–H and O–H groups in total. The quantitative estimate of drug-likeness (QED) is 0.782. The third-order valence-electron chi connectivity index (χ3n) is 5.38. The van der Waals surface area contributed by atoms with Crippen LogP contribution in [0.4, 0.5) is 0 Å². The molecule has 1 amide bonds. The van der Waals surface area contributed by atoms with Crippen molar-refractivity contribution in [2.75, 3.05) is 32.8 Å². The van der Waals surface area contributed by atoms with Crippen molar-refractivity contribution in [3.63, 3.8) is 0 Å². The fourth-order valence-corrected chi connectivity index (χ4v) is 4.17. The molecule has 0 radical (unpaired) electrons. The highest BCUT2D eigenvalue weighted by Gasteiger charge is 2.30. The summed E-state index contributed by atoms with van der Waals surface area (Å²) >= 11 is 3.40. The predicted molar refractivity (Wildman–Crippen MR) is 99.2 cm³/mol. The van der Waals surface area contributed by atoms with E-state index in [0.717, 1.165) is 48.4 Å². The van der Waals surface area contributed by atoms with Crippen molar-refractivity contribution in [2.24, 2.45) is 5.92 Å². The molecule has 1 saturated heterocycles. The Bertz CT molecular complexity index is 541. The molecule has 1 aromatic carbocycles. The van der Waals surface area contributed by atoms with Gasteiger partial charge >= 0.3 is 0 Å². The van der Waals surface area contributed by atoms with Crippen LogP contribution in [0.3, 0.4) is 0 Å². The van der Waals surface area contributed by atoms with Crippen molar-refractivity contribution in [1.29, 1.82) is 0 Å². The fraction of sp³-hybridized carbons (Fsp3) is 0.632. The number of halogens is 1. The highest BCUT2D eigenvalue weighted by atomic mass is 79.9. The van der Waals surface area contributed by atoms with Gasteiger partial charge in [0.2, 0.25) is 0 Å². The molecule has 1 heterocycles. The number of benzene rings is 1. The third-order valence-corrected chi connectivity index (χ3v) is 5.91. The lowest BCUT2D eigenvalue weighted by molar-refractivity contribution is -0.135. The summed E-state index contributed by atoms with van der Waals surface area (Å²) in [5, 5.41) is 0. The number of rotatable bonds is 4. The highest BCUT2D eigenvalue weighted by molar-refractivity contribution is 9.10. The molecular weight excluding hydrogens is 368 g/mol. The first-order valence-electron chi connectivity index (χ1n) is 9.03. The van der Waals surface area contributed by atoms with Gasteiger partial charge in [-0.1, -0.05) is 35.7 Å². The minimum Gasteiger partial charge on any atom is -0.484 e. The van der Waals surface area contributed by atoms with Crippen molar-refractivity contribution in [2.45, 2.75) is 38.6 Å². The molecule has 4 nitrogen and oxygen atoms in total. The largest absolute Gasteiger partial charge is 0.484 e. The number of nitrogens with zero attached hydrogens (tertiary/aromatic N) is 2. The first-order valence-corrected chi connectivity index (χ1v) is 9.83. The molecule has 1 aliphatic heterocycles. The van der Waals surface area contributed by atoms with Crippen LogP contribution < -0.4 is 4.74 Å². The molecule has 0 spiro atoms. The maximum Gasteiger partial charge on any atom is 0.260 e. The second-order valence-corrected chi connectivity index (χ2v) is 7.90. The minimum atomic E-state index is 0.0919. The number of piperazine rings is 1. The number of ether oxygens (including phenoxy) is 1. The number of carbonyl (C=O) groups is 1. The molecular formula is C19H27BrN2O2. The van der Waals surface area contributed by atoms with Gasteiger partial charge in [0.1, 0.15) is 5.75 Å². The average molecular weight is 395 g/mol. The minimum absolute atomic E-state index is 0.0919. The summed E-state index contributed by atoms with van der Waals surface area (Å²) in [5.41, 5.74) is 0. The molecule has 0 unspecified atom stereocenters. The molecule has 0 bridgehead atoms. The van der Waals surface area contributed by atoms with Gasteiger partial charge in [-0.15, -0.1) is 0 Å². The van der Waals surface area contributed by atoms with Gasteiger partial charge < -0.3 is 9.64 Å². The zero-order valence-electron chi connectivity index (χ0n) is 14.4. The lowest BCUT2D eigenvalue weighted by Gasteiger charge is -2.43. The Morgan fingerprint density at radius 2 is 1.79 bits per heavy atom. The SMILES string of the molecule is C[C@@H]1CCCC[C@@H]1N1CCN(C(=O)COc2ccc(Br)cc2)CC1. The molecule has 5 heteroatoms. The Hall–Kier alpha value is -1.07. The molecule has 132 valence electrons. The van der Waals surface area contributed by atoms with Crippen LogP contribution in [0.5, 0.6) is 5.75 Å². The van der Waals surface area contributed by atoms with E-state index in [9.17, 15) is 4.79 Å². The molecule has 2 fully saturated rings. The standard InChI is InChI=1S/C19H27BrN2O2/c1-15-4-2-3-5-18(15)21-10-12-22(13-11-21)19(23)14-24-17-8-6-16(20)7-9-17/h6-9,15,18H,2-5,10-14H2,1H3/t15-,18+/m1/s1. The van der Waals surface area contributed by atoms with Crippen LogP contribution in [0, 0.1) is 5.92 Å². The van der Waals surface area contributed by atoms with E-state index in [2.05, 4.69) is 27.8 Å². The van der Waals surface area contributed by atoms with Crippen LogP contribution in [0.1, 0.15) is 32.6 Å². The van der Waals surface area contributed by atoms with Crippen LogP contribution in [-0.4, -0.2) is 54.5 Å². The van der Waals surface area contributed by atoms with Crippen LogP contribution in [0.2, 0.25) is 0 Å². The Labute approximate surface area is 153 Å². The van der Waals surface area contributed by atoms with E-state index >= 15 is 0 Å². The van der Waals surface area contributed by atoms with E-state index in [1.54, 1.807) is 0 Å². The molecule has 24 heavy (non-hydrogen) atoms. The summed E-state index contributed by atoms with van der Waals surface area (Å²) in [5.74, 6) is 1.62. The second kappa shape index (κ2) is 8.34. The molecule has 2 aliphatic rings. The summed E-state index contributed by atoms with van der Waals surface area (Å²) in [6.07, 6.45) is 5.41.